The summed E-state index contributed by atoms with van der Waals surface area (Å²) in [7, 11) is 1.63. The van der Waals surface area contributed by atoms with Crippen molar-refractivity contribution in [3.05, 3.63) is 28.8 Å². The summed E-state index contributed by atoms with van der Waals surface area (Å²) in [6, 6.07) is 5.42. The Bertz CT molecular complexity index is 400. The molecule has 1 aromatic rings. The maximum atomic E-state index is 10.3. The third-order valence-electron chi connectivity index (χ3n) is 4.12. The Kier molecular flexibility index (Phi) is 5.53. The fraction of sp³-hybridized carbons (Fsp3) is 0.625. The van der Waals surface area contributed by atoms with Gasteiger partial charge in [0.05, 0.1) is 13.2 Å². The SMILES string of the molecule is COc1ccc(Cl)cc1C(O)CCC1CCCCC1. The van der Waals surface area contributed by atoms with Crippen molar-refractivity contribution in [2.24, 2.45) is 5.92 Å². The minimum absolute atomic E-state index is 0.476. The molecule has 0 amide bonds. The summed E-state index contributed by atoms with van der Waals surface area (Å²) in [5, 5.41) is 11.0. The lowest BCUT2D eigenvalue weighted by molar-refractivity contribution is 0.148. The van der Waals surface area contributed by atoms with Crippen LogP contribution in [0.25, 0.3) is 0 Å². The summed E-state index contributed by atoms with van der Waals surface area (Å²) in [6.45, 7) is 0. The molecule has 0 radical (unpaired) electrons. The average molecular weight is 283 g/mol. The molecule has 1 aliphatic rings. The molecule has 1 aliphatic carbocycles. The van der Waals surface area contributed by atoms with Gasteiger partial charge < -0.3 is 9.84 Å². The maximum Gasteiger partial charge on any atom is 0.124 e. The van der Waals surface area contributed by atoms with E-state index in [0.717, 1.165) is 30.1 Å². The van der Waals surface area contributed by atoms with Crippen LogP contribution in [0.1, 0.15) is 56.6 Å². The highest BCUT2D eigenvalue weighted by Crippen LogP contribution is 2.34. The first kappa shape index (κ1) is 14.7. The number of aliphatic hydroxyl groups is 1. The van der Waals surface area contributed by atoms with E-state index in [-0.39, 0.29) is 0 Å². The first-order valence-corrected chi connectivity index (χ1v) is 7.60. The van der Waals surface area contributed by atoms with Crippen LogP contribution in [-0.4, -0.2) is 12.2 Å². The monoisotopic (exact) mass is 282 g/mol. The van der Waals surface area contributed by atoms with Crippen LogP contribution in [0, 0.1) is 5.92 Å². The van der Waals surface area contributed by atoms with Crippen molar-refractivity contribution < 1.29 is 9.84 Å². The molecule has 0 aromatic heterocycles. The van der Waals surface area contributed by atoms with E-state index in [0.29, 0.717) is 5.02 Å². The molecule has 1 fully saturated rings. The van der Waals surface area contributed by atoms with Crippen LogP contribution in [0.4, 0.5) is 0 Å². The van der Waals surface area contributed by atoms with E-state index in [1.54, 1.807) is 13.2 Å². The zero-order valence-electron chi connectivity index (χ0n) is 11.6. The summed E-state index contributed by atoms with van der Waals surface area (Å²) >= 11 is 6.00. The molecule has 1 unspecified atom stereocenters. The van der Waals surface area contributed by atoms with E-state index in [2.05, 4.69) is 0 Å². The van der Waals surface area contributed by atoms with Gasteiger partial charge in [-0.2, -0.15) is 0 Å². The minimum Gasteiger partial charge on any atom is -0.496 e. The van der Waals surface area contributed by atoms with Crippen LogP contribution in [0.5, 0.6) is 5.75 Å². The van der Waals surface area contributed by atoms with Crippen LogP contribution in [0.15, 0.2) is 18.2 Å². The molecule has 19 heavy (non-hydrogen) atoms. The minimum atomic E-state index is -0.476. The topological polar surface area (TPSA) is 29.5 Å². The Balaban J connectivity index is 1.94. The van der Waals surface area contributed by atoms with Gasteiger partial charge in [-0.25, -0.2) is 0 Å². The molecule has 1 N–H and O–H groups in total. The van der Waals surface area contributed by atoms with Crippen LogP contribution < -0.4 is 4.74 Å². The van der Waals surface area contributed by atoms with Gasteiger partial charge in [-0.15, -0.1) is 0 Å². The highest BCUT2D eigenvalue weighted by atomic mass is 35.5. The van der Waals surface area contributed by atoms with Crippen molar-refractivity contribution >= 4 is 11.6 Å². The van der Waals surface area contributed by atoms with Crippen molar-refractivity contribution in [2.75, 3.05) is 7.11 Å². The highest BCUT2D eigenvalue weighted by Gasteiger charge is 2.18. The number of ether oxygens (including phenoxy) is 1. The third-order valence-corrected chi connectivity index (χ3v) is 4.36. The smallest absolute Gasteiger partial charge is 0.124 e. The van der Waals surface area contributed by atoms with E-state index >= 15 is 0 Å². The predicted octanol–water partition coefficient (Wildman–Crippen LogP) is 4.74. The number of halogens is 1. The lowest BCUT2D eigenvalue weighted by atomic mass is 9.85. The van der Waals surface area contributed by atoms with Gasteiger partial charge in [0.2, 0.25) is 0 Å². The molecule has 0 heterocycles. The van der Waals surface area contributed by atoms with E-state index in [1.807, 2.05) is 12.1 Å². The molecule has 1 atom stereocenters. The number of hydrogen-bond donors (Lipinski definition) is 1. The zero-order valence-corrected chi connectivity index (χ0v) is 12.3. The number of methoxy groups -OCH3 is 1. The highest BCUT2D eigenvalue weighted by molar-refractivity contribution is 6.30. The van der Waals surface area contributed by atoms with E-state index < -0.39 is 6.10 Å². The predicted molar refractivity (Wildman–Crippen MR) is 78.8 cm³/mol. The normalized spacial score (nSPS) is 18.3. The molecule has 2 nitrogen and oxygen atoms in total. The molecular weight excluding hydrogens is 260 g/mol. The largest absolute Gasteiger partial charge is 0.496 e. The van der Waals surface area contributed by atoms with Gasteiger partial charge in [-0.1, -0.05) is 43.7 Å². The molecule has 0 bridgehead atoms. The van der Waals surface area contributed by atoms with E-state index in [9.17, 15) is 5.11 Å². The fourth-order valence-electron chi connectivity index (χ4n) is 2.99. The molecule has 2 rings (SSSR count). The third kappa shape index (κ3) is 4.12. The molecule has 0 saturated heterocycles. The number of aliphatic hydroxyl groups excluding tert-OH is 1. The Morgan fingerprint density at radius 1 is 1.32 bits per heavy atom. The van der Waals surface area contributed by atoms with Gasteiger partial charge in [-0.3, -0.25) is 0 Å². The van der Waals surface area contributed by atoms with Crippen LogP contribution in [0.3, 0.4) is 0 Å². The van der Waals surface area contributed by atoms with Gasteiger partial charge in [0.25, 0.3) is 0 Å². The fourth-order valence-corrected chi connectivity index (χ4v) is 3.17. The molecular formula is C16H23ClO2. The standard InChI is InChI=1S/C16H23ClO2/c1-19-16-10-8-13(17)11-14(16)15(18)9-7-12-5-3-2-4-6-12/h8,10-12,15,18H,2-7,9H2,1H3. The van der Waals surface area contributed by atoms with Crippen molar-refractivity contribution in [1.29, 1.82) is 0 Å². The van der Waals surface area contributed by atoms with Crippen LogP contribution in [-0.2, 0) is 0 Å². The summed E-state index contributed by atoms with van der Waals surface area (Å²) in [5.41, 5.74) is 0.811. The Morgan fingerprint density at radius 3 is 2.74 bits per heavy atom. The molecule has 3 heteroatoms. The summed E-state index contributed by atoms with van der Waals surface area (Å²) in [6.07, 6.45) is 8.12. The van der Waals surface area contributed by atoms with Gasteiger partial charge >= 0.3 is 0 Å². The molecule has 1 saturated carbocycles. The molecule has 1 aromatic carbocycles. The van der Waals surface area contributed by atoms with Crippen molar-refractivity contribution in [1.82, 2.24) is 0 Å². The van der Waals surface area contributed by atoms with Gasteiger partial charge in [0.1, 0.15) is 5.75 Å². The van der Waals surface area contributed by atoms with E-state index in [1.165, 1.54) is 32.1 Å². The number of rotatable bonds is 5. The Hall–Kier alpha value is -0.730. The lowest BCUT2D eigenvalue weighted by Crippen LogP contribution is -2.09. The molecule has 0 spiro atoms. The van der Waals surface area contributed by atoms with Gasteiger partial charge in [0.15, 0.2) is 0 Å². The van der Waals surface area contributed by atoms with Gasteiger partial charge in [0, 0.05) is 10.6 Å². The Labute approximate surface area is 120 Å². The number of hydrogen-bond acceptors (Lipinski definition) is 2. The number of benzene rings is 1. The molecule has 0 aliphatic heterocycles. The van der Waals surface area contributed by atoms with Crippen molar-refractivity contribution in [3.8, 4) is 5.75 Å². The second-order valence-corrected chi connectivity index (χ2v) is 5.92. The first-order chi connectivity index (χ1) is 9.20. The maximum absolute atomic E-state index is 10.3. The van der Waals surface area contributed by atoms with Crippen LogP contribution in [0.2, 0.25) is 5.02 Å². The Morgan fingerprint density at radius 2 is 2.05 bits per heavy atom. The second kappa shape index (κ2) is 7.16. The van der Waals surface area contributed by atoms with E-state index in [4.69, 9.17) is 16.3 Å². The second-order valence-electron chi connectivity index (χ2n) is 5.48. The van der Waals surface area contributed by atoms with Crippen molar-refractivity contribution in [3.63, 3.8) is 0 Å². The molecule has 106 valence electrons. The lowest BCUT2D eigenvalue weighted by Gasteiger charge is -2.23. The van der Waals surface area contributed by atoms with Crippen LogP contribution >= 0.6 is 11.6 Å². The average Bonchev–Trinajstić information content (AvgIpc) is 2.46. The van der Waals surface area contributed by atoms with Crippen molar-refractivity contribution in [2.45, 2.75) is 51.0 Å². The zero-order chi connectivity index (χ0) is 13.7. The first-order valence-electron chi connectivity index (χ1n) is 7.22. The summed E-state index contributed by atoms with van der Waals surface area (Å²) in [4.78, 5) is 0. The quantitative estimate of drug-likeness (QED) is 0.845. The van der Waals surface area contributed by atoms with Gasteiger partial charge in [-0.05, 0) is 37.0 Å². The summed E-state index contributed by atoms with van der Waals surface area (Å²) in [5.74, 6) is 1.51. The summed E-state index contributed by atoms with van der Waals surface area (Å²) < 4.78 is 5.29.